The number of Topliss-reactive ketones (excluding diaryl/α,β-unsaturated/α-hetero) is 1. The lowest BCUT2D eigenvalue weighted by Crippen LogP contribution is -2.40. The number of thiazole rings is 1. The number of rotatable bonds is 6. The van der Waals surface area contributed by atoms with Gasteiger partial charge in [0.1, 0.15) is 5.75 Å². The molecule has 1 aliphatic heterocycles. The number of ether oxygens (including phenoxy) is 4. The second-order valence-corrected chi connectivity index (χ2v) is 9.46. The number of nitrogens with zero attached hydrogens (tertiary/aromatic N) is 2. The first-order chi connectivity index (χ1) is 17.5. The summed E-state index contributed by atoms with van der Waals surface area (Å²) in [7, 11) is 6.24. The van der Waals surface area contributed by atoms with Crippen molar-refractivity contribution in [3.63, 3.8) is 0 Å². The van der Waals surface area contributed by atoms with Crippen molar-refractivity contribution in [1.29, 1.82) is 0 Å². The number of allylic oxidation sites excluding steroid dienone is 2. The molecule has 1 aliphatic carbocycles. The summed E-state index contributed by atoms with van der Waals surface area (Å²) < 4.78 is 23.8. The molecule has 2 aromatic carbocycles. The molecule has 0 amide bonds. The fourth-order valence-electron chi connectivity index (χ4n) is 4.75. The molecule has 0 saturated carbocycles. The van der Waals surface area contributed by atoms with E-state index in [0.29, 0.717) is 50.7 Å². The fourth-order valence-corrected chi connectivity index (χ4v) is 5.77. The number of carbonyl (C=O) groups excluding carboxylic acids is 1. The van der Waals surface area contributed by atoms with Crippen molar-refractivity contribution in [2.75, 3.05) is 28.4 Å². The van der Waals surface area contributed by atoms with Crippen molar-refractivity contribution < 1.29 is 23.7 Å². The van der Waals surface area contributed by atoms with Gasteiger partial charge in [-0.25, -0.2) is 4.99 Å². The Bertz CT molecular complexity index is 1520. The summed E-state index contributed by atoms with van der Waals surface area (Å²) in [5.74, 6) is 2.21. The van der Waals surface area contributed by atoms with E-state index in [1.165, 1.54) is 11.3 Å². The van der Waals surface area contributed by atoms with E-state index < -0.39 is 6.04 Å². The van der Waals surface area contributed by atoms with Gasteiger partial charge in [0, 0.05) is 12.0 Å². The lowest BCUT2D eigenvalue weighted by atomic mass is 9.86. The van der Waals surface area contributed by atoms with E-state index >= 15 is 0 Å². The molecule has 2 heterocycles. The van der Waals surface area contributed by atoms with Crippen LogP contribution in [0, 0.1) is 0 Å². The highest BCUT2D eigenvalue weighted by atomic mass is 32.1. The normalized spacial score (nSPS) is 17.3. The second-order valence-electron chi connectivity index (χ2n) is 8.45. The van der Waals surface area contributed by atoms with Gasteiger partial charge in [0.2, 0.25) is 5.75 Å². The number of benzene rings is 2. The maximum atomic E-state index is 13.8. The minimum Gasteiger partial charge on any atom is -0.497 e. The Labute approximate surface area is 211 Å². The molecule has 5 rings (SSSR count). The van der Waals surface area contributed by atoms with Crippen LogP contribution in [0.25, 0.3) is 6.08 Å². The molecule has 36 heavy (non-hydrogen) atoms. The molecule has 8 nitrogen and oxygen atoms in total. The van der Waals surface area contributed by atoms with Gasteiger partial charge in [-0.3, -0.25) is 14.2 Å². The highest BCUT2D eigenvalue weighted by molar-refractivity contribution is 7.07. The third-order valence-electron chi connectivity index (χ3n) is 6.44. The average molecular weight is 507 g/mol. The molecule has 0 saturated heterocycles. The van der Waals surface area contributed by atoms with Gasteiger partial charge in [0.25, 0.3) is 5.56 Å². The van der Waals surface area contributed by atoms with Crippen LogP contribution < -0.4 is 33.8 Å². The third-order valence-corrected chi connectivity index (χ3v) is 7.43. The molecule has 186 valence electrons. The van der Waals surface area contributed by atoms with Crippen molar-refractivity contribution >= 4 is 23.2 Å². The summed E-state index contributed by atoms with van der Waals surface area (Å²) in [6.45, 7) is 0. The maximum Gasteiger partial charge on any atom is 0.271 e. The van der Waals surface area contributed by atoms with Crippen molar-refractivity contribution in [2.45, 2.75) is 25.3 Å². The Hall–Kier alpha value is -3.85. The molecule has 0 bridgehead atoms. The smallest absolute Gasteiger partial charge is 0.271 e. The number of aromatic nitrogens is 1. The molecule has 0 radical (unpaired) electrons. The van der Waals surface area contributed by atoms with Gasteiger partial charge in [0.15, 0.2) is 22.1 Å². The fraction of sp³-hybridized carbons (Fsp3) is 0.296. The number of carbonyl (C=O) groups is 1. The van der Waals surface area contributed by atoms with Gasteiger partial charge in [-0.05, 0) is 54.3 Å². The first kappa shape index (κ1) is 23.9. The Morgan fingerprint density at radius 2 is 1.64 bits per heavy atom. The maximum absolute atomic E-state index is 13.8. The molecular formula is C27H26N2O6S. The Morgan fingerprint density at radius 3 is 2.25 bits per heavy atom. The minimum atomic E-state index is -0.531. The van der Waals surface area contributed by atoms with Crippen LogP contribution >= 0.6 is 11.3 Å². The minimum absolute atomic E-state index is 0.0414. The van der Waals surface area contributed by atoms with E-state index in [0.717, 1.165) is 23.2 Å². The van der Waals surface area contributed by atoms with Crippen LogP contribution in [-0.4, -0.2) is 38.8 Å². The van der Waals surface area contributed by atoms with E-state index in [4.69, 9.17) is 23.9 Å². The summed E-state index contributed by atoms with van der Waals surface area (Å²) >= 11 is 1.30. The lowest BCUT2D eigenvalue weighted by Gasteiger charge is -2.28. The molecule has 1 aromatic heterocycles. The number of hydrogen-bond acceptors (Lipinski definition) is 8. The molecule has 3 aromatic rings. The highest BCUT2D eigenvalue weighted by Crippen LogP contribution is 2.39. The summed E-state index contributed by atoms with van der Waals surface area (Å²) in [5, 5.41) is 0. The highest BCUT2D eigenvalue weighted by Gasteiger charge is 2.35. The van der Waals surface area contributed by atoms with Gasteiger partial charge in [0.05, 0.1) is 44.7 Å². The molecule has 0 N–H and O–H groups in total. The van der Waals surface area contributed by atoms with Crippen LogP contribution in [-0.2, 0) is 4.79 Å². The Kier molecular flexibility index (Phi) is 6.40. The second kappa shape index (κ2) is 9.66. The number of fused-ring (bicyclic) bond motifs is 1. The largest absolute Gasteiger partial charge is 0.497 e. The summed E-state index contributed by atoms with van der Waals surface area (Å²) in [5.41, 5.74) is 2.73. The molecule has 1 unspecified atom stereocenters. The molecule has 0 fully saturated rings. The number of methoxy groups -OCH3 is 4. The first-order valence-corrected chi connectivity index (χ1v) is 12.3. The van der Waals surface area contributed by atoms with Crippen molar-refractivity contribution in [2.24, 2.45) is 4.99 Å². The number of hydrogen-bond donors (Lipinski definition) is 0. The van der Waals surface area contributed by atoms with Gasteiger partial charge in [-0.2, -0.15) is 0 Å². The molecule has 1 atom stereocenters. The number of ketones is 1. The van der Waals surface area contributed by atoms with Gasteiger partial charge in [-0.1, -0.05) is 23.5 Å². The zero-order valence-corrected chi connectivity index (χ0v) is 21.3. The SMILES string of the molecule is COc1ccc(C2C3=C(CCCC3=O)N=c3sc(=Cc4cc(OC)c(OC)c(OC)c4)c(=O)n32)cc1. The zero-order chi connectivity index (χ0) is 25.4. The summed E-state index contributed by atoms with van der Waals surface area (Å²) in [6.07, 6.45) is 3.71. The molecule has 0 spiro atoms. The summed E-state index contributed by atoms with van der Waals surface area (Å²) in [6, 6.07) is 10.5. The van der Waals surface area contributed by atoms with Gasteiger partial charge < -0.3 is 18.9 Å². The van der Waals surface area contributed by atoms with Crippen molar-refractivity contribution in [3.05, 3.63) is 78.5 Å². The van der Waals surface area contributed by atoms with Gasteiger partial charge in [-0.15, -0.1) is 0 Å². The monoisotopic (exact) mass is 506 g/mol. The van der Waals surface area contributed by atoms with Crippen LogP contribution in [0.5, 0.6) is 23.0 Å². The van der Waals surface area contributed by atoms with E-state index in [1.807, 2.05) is 24.3 Å². The Morgan fingerprint density at radius 1 is 0.944 bits per heavy atom. The van der Waals surface area contributed by atoms with E-state index in [-0.39, 0.29) is 11.3 Å². The van der Waals surface area contributed by atoms with Crippen LogP contribution in [0.3, 0.4) is 0 Å². The predicted molar refractivity (Wildman–Crippen MR) is 136 cm³/mol. The average Bonchev–Trinajstić information content (AvgIpc) is 3.21. The predicted octanol–water partition coefficient (Wildman–Crippen LogP) is 3.00. The third kappa shape index (κ3) is 3.99. The molecule has 9 heteroatoms. The van der Waals surface area contributed by atoms with Crippen molar-refractivity contribution in [3.8, 4) is 23.0 Å². The van der Waals surface area contributed by atoms with Crippen molar-refractivity contribution in [1.82, 2.24) is 4.57 Å². The van der Waals surface area contributed by atoms with E-state index in [1.54, 1.807) is 51.2 Å². The van der Waals surface area contributed by atoms with Crippen LogP contribution in [0.1, 0.15) is 36.4 Å². The molecular weight excluding hydrogens is 480 g/mol. The summed E-state index contributed by atoms with van der Waals surface area (Å²) in [4.78, 5) is 32.2. The van der Waals surface area contributed by atoms with Crippen LogP contribution in [0.2, 0.25) is 0 Å². The first-order valence-electron chi connectivity index (χ1n) is 11.5. The lowest BCUT2D eigenvalue weighted by molar-refractivity contribution is -0.116. The quantitative estimate of drug-likeness (QED) is 0.511. The van der Waals surface area contributed by atoms with Crippen LogP contribution in [0.4, 0.5) is 0 Å². The van der Waals surface area contributed by atoms with E-state index in [2.05, 4.69) is 0 Å². The van der Waals surface area contributed by atoms with Crippen LogP contribution in [0.15, 0.2) is 57.5 Å². The van der Waals surface area contributed by atoms with Gasteiger partial charge >= 0.3 is 0 Å². The standard InChI is InChI=1S/C27H26N2O6S/c1-32-17-10-8-16(9-11-17)24-23-18(6-5-7-19(23)30)28-27-29(24)26(31)22(36-27)14-15-12-20(33-2)25(35-4)21(13-15)34-3/h8-14,24H,5-7H2,1-4H3. The molecule has 2 aliphatic rings. The topological polar surface area (TPSA) is 88.4 Å². The van der Waals surface area contributed by atoms with E-state index in [9.17, 15) is 9.59 Å². The Balaban J connectivity index is 1.71. The zero-order valence-electron chi connectivity index (χ0n) is 20.5.